The minimum atomic E-state index is -1.74. The molecule has 4 N–H and O–H groups in total. The van der Waals surface area contributed by atoms with Gasteiger partial charge < -0.3 is 19.7 Å². The Hall–Kier alpha value is -2.85. The van der Waals surface area contributed by atoms with Gasteiger partial charge in [0.25, 0.3) is 0 Å². The predicted molar refractivity (Wildman–Crippen MR) is 89.9 cm³/mol. The third-order valence-electron chi connectivity index (χ3n) is 2.18. The number of nitrogens with zero attached hydrogens (tertiary/aromatic N) is 1. The molecule has 0 radical (unpaired) electrons. The fourth-order valence-electron chi connectivity index (χ4n) is 1.41. The Morgan fingerprint density at radius 3 is 1.54 bits per heavy atom. The number of guanidine groups is 1. The van der Waals surface area contributed by atoms with Gasteiger partial charge in [-0.15, -0.1) is 0 Å². The third kappa shape index (κ3) is 11.6. The smallest absolute Gasteiger partial charge is 0.414 e. The number of ether oxygens (including phenoxy) is 2. The number of aliphatic imine (C=N–C) groups is 1. The molecule has 0 aliphatic rings. The highest BCUT2D eigenvalue weighted by Gasteiger charge is 2.25. The molecule has 0 aromatic rings. The third-order valence-corrected chi connectivity index (χ3v) is 2.18. The number of rotatable bonds is 4. The number of amides is 2. The Morgan fingerprint density at radius 2 is 1.27 bits per heavy atom. The predicted octanol–water partition coefficient (Wildman–Crippen LogP) is 1.32. The second kappa shape index (κ2) is 9.02. The van der Waals surface area contributed by atoms with Crippen LogP contribution in [0.15, 0.2) is 4.99 Å². The second-order valence-corrected chi connectivity index (χ2v) is 7.18. The highest BCUT2D eigenvalue weighted by atomic mass is 16.6. The van der Waals surface area contributed by atoms with Crippen molar-refractivity contribution in [1.82, 2.24) is 10.6 Å². The quantitative estimate of drug-likeness (QED) is 0.422. The summed E-state index contributed by atoms with van der Waals surface area (Å²) in [5.74, 6) is -3.58. The zero-order valence-corrected chi connectivity index (χ0v) is 15.6. The van der Waals surface area contributed by atoms with Crippen LogP contribution in [0.25, 0.3) is 0 Å². The van der Waals surface area contributed by atoms with Gasteiger partial charge in [-0.2, -0.15) is 0 Å². The minimum absolute atomic E-state index is 0.609. The molecule has 26 heavy (non-hydrogen) atoms. The molecule has 0 aliphatic heterocycles. The molecule has 11 heteroatoms. The summed E-state index contributed by atoms with van der Waals surface area (Å²) < 4.78 is 9.97. The maximum Gasteiger partial charge on any atom is 0.414 e. The van der Waals surface area contributed by atoms with E-state index in [4.69, 9.17) is 19.7 Å². The topological polar surface area (TPSA) is 164 Å². The molecule has 2 amide bonds. The number of hydrogen-bond donors (Lipinski definition) is 4. The number of carbonyl (C=O) groups is 4. The molecule has 0 rings (SSSR count). The van der Waals surface area contributed by atoms with Crippen molar-refractivity contribution in [2.24, 2.45) is 4.99 Å². The molecular weight excluding hydrogens is 350 g/mol. The van der Waals surface area contributed by atoms with Crippen LogP contribution in [0.3, 0.4) is 0 Å². The molecular formula is C15H25N3O8. The molecule has 0 fully saturated rings. The van der Waals surface area contributed by atoms with E-state index in [0.717, 1.165) is 0 Å². The van der Waals surface area contributed by atoms with Crippen molar-refractivity contribution in [1.29, 1.82) is 0 Å². The molecule has 0 aromatic heterocycles. The van der Waals surface area contributed by atoms with E-state index in [-0.39, 0.29) is 0 Å². The summed E-state index contributed by atoms with van der Waals surface area (Å²) in [7, 11) is 0. The molecule has 11 nitrogen and oxygen atoms in total. The number of carboxylic acids is 2. The zero-order valence-electron chi connectivity index (χ0n) is 15.6. The van der Waals surface area contributed by atoms with E-state index in [0.29, 0.717) is 0 Å². The monoisotopic (exact) mass is 375 g/mol. The molecule has 1 unspecified atom stereocenters. The van der Waals surface area contributed by atoms with E-state index in [1.807, 2.05) is 0 Å². The lowest BCUT2D eigenvalue weighted by Crippen LogP contribution is -2.48. The van der Waals surface area contributed by atoms with Gasteiger partial charge in [-0.05, 0) is 41.5 Å². The summed E-state index contributed by atoms with van der Waals surface area (Å²) in [6.07, 6.45) is -2.90. The maximum atomic E-state index is 11.8. The van der Waals surface area contributed by atoms with Crippen molar-refractivity contribution in [3.63, 3.8) is 0 Å². The molecule has 1 atom stereocenters. The van der Waals surface area contributed by atoms with Gasteiger partial charge in [0.2, 0.25) is 5.96 Å². The van der Waals surface area contributed by atoms with Crippen molar-refractivity contribution >= 4 is 30.1 Å². The van der Waals surface area contributed by atoms with Crippen LogP contribution in [0.4, 0.5) is 9.59 Å². The van der Waals surface area contributed by atoms with Crippen molar-refractivity contribution < 1.29 is 38.9 Å². The highest BCUT2D eigenvalue weighted by molar-refractivity contribution is 6.02. The Bertz CT molecular complexity index is 555. The Balaban J connectivity index is 5.46. The standard InChI is InChI=1S/C15H25N3O8/c1-14(2,3)25-12(23)17-11(18-13(24)26-15(4,5)6)16-8(10(21)22)7-9(19)20/h8H,7H2,1-6H3,(H,19,20)(H,21,22)(H2,16,17,18,23,24). The summed E-state index contributed by atoms with van der Waals surface area (Å²) in [5.41, 5.74) is -1.73. The van der Waals surface area contributed by atoms with Crippen LogP contribution < -0.4 is 10.6 Å². The number of carbonyl (C=O) groups excluding carboxylic acids is 2. The Labute approximate surface area is 150 Å². The molecule has 0 bridgehead atoms. The van der Waals surface area contributed by atoms with Crippen LogP contribution in [-0.2, 0) is 19.1 Å². The number of aliphatic carboxylic acids is 2. The number of nitrogens with one attached hydrogen (secondary N) is 2. The molecule has 0 aliphatic carbocycles. The largest absolute Gasteiger partial charge is 0.481 e. The molecule has 0 saturated carbocycles. The van der Waals surface area contributed by atoms with Crippen LogP contribution >= 0.6 is 0 Å². The van der Waals surface area contributed by atoms with Crippen LogP contribution in [0.2, 0.25) is 0 Å². The average Bonchev–Trinajstić information content (AvgIpc) is 2.31. The molecule has 0 aromatic carbocycles. The van der Waals surface area contributed by atoms with Gasteiger partial charge >= 0.3 is 24.1 Å². The van der Waals surface area contributed by atoms with Gasteiger partial charge in [-0.1, -0.05) is 0 Å². The van der Waals surface area contributed by atoms with Crippen LogP contribution in [-0.4, -0.2) is 57.5 Å². The van der Waals surface area contributed by atoms with E-state index in [2.05, 4.69) is 15.6 Å². The van der Waals surface area contributed by atoms with E-state index in [1.165, 1.54) is 0 Å². The van der Waals surface area contributed by atoms with Crippen molar-refractivity contribution in [2.75, 3.05) is 0 Å². The fraction of sp³-hybridized carbons (Fsp3) is 0.667. The average molecular weight is 375 g/mol. The van der Waals surface area contributed by atoms with Gasteiger partial charge in [0.05, 0.1) is 6.42 Å². The Morgan fingerprint density at radius 1 is 0.885 bits per heavy atom. The normalized spacial score (nSPS) is 12.4. The molecule has 0 spiro atoms. The van der Waals surface area contributed by atoms with Crippen molar-refractivity contribution in [2.45, 2.75) is 65.2 Å². The second-order valence-electron chi connectivity index (χ2n) is 7.18. The summed E-state index contributed by atoms with van der Waals surface area (Å²) in [5, 5.41) is 22.0. The first-order valence-corrected chi connectivity index (χ1v) is 7.61. The van der Waals surface area contributed by atoms with Crippen LogP contribution in [0.1, 0.15) is 48.0 Å². The van der Waals surface area contributed by atoms with E-state index < -0.39 is 53.7 Å². The van der Waals surface area contributed by atoms with Crippen LogP contribution in [0.5, 0.6) is 0 Å². The first-order chi connectivity index (χ1) is 11.6. The van der Waals surface area contributed by atoms with E-state index in [1.54, 1.807) is 41.5 Å². The van der Waals surface area contributed by atoms with Gasteiger partial charge in [0, 0.05) is 0 Å². The fourth-order valence-corrected chi connectivity index (χ4v) is 1.41. The lowest BCUT2D eigenvalue weighted by Gasteiger charge is -2.22. The van der Waals surface area contributed by atoms with E-state index >= 15 is 0 Å². The lowest BCUT2D eigenvalue weighted by molar-refractivity contribution is -0.144. The summed E-state index contributed by atoms with van der Waals surface area (Å²) in [4.78, 5) is 49.1. The SMILES string of the molecule is CC(C)(C)OC(=O)NC(=NC(CC(=O)O)C(=O)O)NC(=O)OC(C)(C)C. The summed E-state index contributed by atoms with van der Waals surface area (Å²) >= 11 is 0. The van der Waals surface area contributed by atoms with Gasteiger partial charge in [0.15, 0.2) is 6.04 Å². The van der Waals surface area contributed by atoms with Crippen LogP contribution in [0, 0.1) is 0 Å². The Kier molecular flexibility index (Phi) is 8.03. The summed E-state index contributed by atoms with van der Waals surface area (Å²) in [6, 6.07) is -1.74. The summed E-state index contributed by atoms with van der Waals surface area (Å²) in [6.45, 7) is 9.55. The molecule has 0 saturated heterocycles. The zero-order chi connectivity index (χ0) is 20.7. The van der Waals surface area contributed by atoms with Gasteiger partial charge in [-0.3, -0.25) is 15.4 Å². The first-order valence-electron chi connectivity index (χ1n) is 7.61. The van der Waals surface area contributed by atoms with Gasteiger partial charge in [0.1, 0.15) is 11.2 Å². The molecule has 148 valence electrons. The maximum absolute atomic E-state index is 11.8. The first kappa shape index (κ1) is 23.1. The highest BCUT2D eigenvalue weighted by Crippen LogP contribution is 2.08. The van der Waals surface area contributed by atoms with Crippen molar-refractivity contribution in [3.8, 4) is 0 Å². The number of hydrogen-bond acceptors (Lipinski definition) is 7. The van der Waals surface area contributed by atoms with Gasteiger partial charge in [-0.25, -0.2) is 19.4 Å². The molecule has 0 heterocycles. The number of carboxylic acid groups (broad SMARTS) is 2. The lowest BCUT2D eigenvalue weighted by atomic mass is 10.2. The number of alkyl carbamates (subject to hydrolysis) is 2. The van der Waals surface area contributed by atoms with E-state index in [9.17, 15) is 19.2 Å². The van der Waals surface area contributed by atoms with Crippen molar-refractivity contribution in [3.05, 3.63) is 0 Å². The minimum Gasteiger partial charge on any atom is -0.481 e.